The minimum absolute atomic E-state index is 0.328. The highest BCUT2D eigenvalue weighted by molar-refractivity contribution is 5.76. The molecular formula is C19H22N2O2. The molecule has 0 aliphatic carbocycles. The van der Waals surface area contributed by atoms with Crippen LogP contribution in [0.15, 0.2) is 42.5 Å². The number of benzene rings is 2. The highest BCUT2D eigenvalue weighted by Gasteiger charge is 2.08. The second-order valence-corrected chi connectivity index (χ2v) is 6.06. The first kappa shape index (κ1) is 15.6. The van der Waals surface area contributed by atoms with Crippen LogP contribution in [-0.2, 0) is 20.1 Å². The predicted octanol–water partition coefficient (Wildman–Crippen LogP) is 3.38. The summed E-state index contributed by atoms with van der Waals surface area (Å²) >= 11 is 0. The zero-order valence-corrected chi connectivity index (χ0v) is 13.8. The van der Waals surface area contributed by atoms with Crippen LogP contribution in [0, 0.1) is 6.92 Å². The highest BCUT2D eigenvalue weighted by atomic mass is 16.5. The average molecular weight is 310 g/mol. The van der Waals surface area contributed by atoms with E-state index in [9.17, 15) is 5.11 Å². The Labute approximate surface area is 136 Å². The molecule has 0 spiro atoms. The molecule has 4 nitrogen and oxygen atoms in total. The number of aryl methyl sites for hydroxylation is 2. The van der Waals surface area contributed by atoms with Crippen LogP contribution in [-0.4, -0.2) is 20.8 Å². The summed E-state index contributed by atoms with van der Waals surface area (Å²) in [6.45, 7) is 4.30. The third-order valence-electron chi connectivity index (χ3n) is 3.95. The monoisotopic (exact) mass is 310 g/mol. The molecule has 1 atom stereocenters. The van der Waals surface area contributed by atoms with Crippen LogP contribution >= 0.6 is 0 Å². The summed E-state index contributed by atoms with van der Waals surface area (Å²) in [4.78, 5) is 4.63. The van der Waals surface area contributed by atoms with Crippen LogP contribution in [0.25, 0.3) is 11.0 Å². The van der Waals surface area contributed by atoms with Crippen molar-refractivity contribution in [3.8, 4) is 5.75 Å². The van der Waals surface area contributed by atoms with Crippen LogP contribution in [0.1, 0.15) is 23.9 Å². The maximum Gasteiger partial charge on any atom is 0.147 e. The molecule has 2 aromatic carbocycles. The van der Waals surface area contributed by atoms with E-state index in [4.69, 9.17) is 4.74 Å². The summed E-state index contributed by atoms with van der Waals surface area (Å²) in [6, 6.07) is 14.1. The Hall–Kier alpha value is -2.33. The molecule has 1 N–H and O–H groups in total. The predicted molar refractivity (Wildman–Crippen MR) is 91.6 cm³/mol. The second kappa shape index (κ2) is 6.42. The van der Waals surface area contributed by atoms with Gasteiger partial charge < -0.3 is 14.4 Å². The summed E-state index contributed by atoms with van der Waals surface area (Å²) in [6.07, 6.45) is 0.329. The van der Waals surface area contributed by atoms with Gasteiger partial charge in [-0.05, 0) is 55.7 Å². The Bertz CT molecular complexity index is 804. The zero-order chi connectivity index (χ0) is 16.4. The number of aliphatic hydroxyl groups excluding tert-OH is 1. The number of rotatable bonds is 5. The lowest BCUT2D eigenvalue weighted by Crippen LogP contribution is -2.05. The number of nitrogens with zero attached hydrogens (tertiary/aromatic N) is 2. The van der Waals surface area contributed by atoms with Gasteiger partial charge in [0.25, 0.3) is 0 Å². The fourth-order valence-electron chi connectivity index (χ4n) is 2.69. The number of hydrogen-bond acceptors (Lipinski definition) is 3. The van der Waals surface area contributed by atoms with Crippen molar-refractivity contribution in [3.63, 3.8) is 0 Å². The molecule has 0 aliphatic heterocycles. The van der Waals surface area contributed by atoms with Crippen molar-refractivity contribution >= 4 is 11.0 Å². The standard InChI is InChI=1S/C19H22N2O2/c1-13-4-9-17-18(10-13)21(3)19(20-17)12-23-16-7-5-15(6-8-16)11-14(2)22/h4-10,14,22H,11-12H2,1-3H3. The van der Waals surface area contributed by atoms with E-state index in [1.807, 2.05) is 37.4 Å². The van der Waals surface area contributed by atoms with E-state index < -0.39 is 0 Å². The van der Waals surface area contributed by atoms with E-state index in [1.165, 1.54) is 5.56 Å². The van der Waals surface area contributed by atoms with Gasteiger partial charge in [0, 0.05) is 7.05 Å². The molecule has 3 aromatic rings. The third kappa shape index (κ3) is 3.54. The van der Waals surface area contributed by atoms with Crippen LogP contribution in [0.4, 0.5) is 0 Å². The Morgan fingerprint density at radius 2 is 1.91 bits per heavy atom. The van der Waals surface area contributed by atoms with Crippen LogP contribution < -0.4 is 4.74 Å². The van der Waals surface area contributed by atoms with Crippen molar-refractivity contribution in [3.05, 3.63) is 59.4 Å². The molecule has 0 saturated carbocycles. The lowest BCUT2D eigenvalue weighted by atomic mass is 10.1. The lowest BCUT2D eigenvalue weighted by molar-refractivity contribution is 0.195. The van der Waals surface area contributed by atoms with E-state index in [1.54, 1.807) is 6.92 Å². The molecule has 1 aromatic heterocycles. The van der Waals surface area contributed by atoms with Crippen molar-refractivity contribution in [1.29, 1.82) is 0 Å². The number of ether oxygens (including phenoxy) is 1. The van der Waals surface area contributed by atoms with Gasteiger partial charge in [0.15, 0.2) is 0 Å². The fourth-order valence-corrected chi connectivity index (χ4v) is 2.69. The topological polar surface area (TPSA) is 47.3 Å². The van der Waals surface area contributed by atoms with Gasteiger partial charge in [-0.2, -0.15) is 0 Å². The van der Waals surface area contributed by atoms with E-state index in [0.29, 0.717) is 13.0 Å². The Morgan fingerprint density at radius 3 is 2.61 bits per heavy atom. The largest absolute Gasteiger partial charge is 0.486 e. The first-order valence-electron chi connectivity index (χ1n) is 7.84. The maximum atomic E-state index is 9.40. The summed E-state index contributed by atoms with van der Waals surface area (Å²) in [5.41, 5.74) is 4.44. The quantitative estimate of drug-likeness (QED) is 0.786. The molecule has 0 saturated heterocycles. The SMILES string of the molecule is Cc1ccc2nc(COc3ccc(CC(C)O)cc3)n(C)c2c1. The summed E-state index contributed by atoms with van der Waals surface area (Å²) in [5.74, 6) is 1.71. The Morgan fingerprint density at radius 1 is 1.17 bits per heavy atom. The fraction of sp³-hybridized carbons (Fsp3) is 0.316. The second-order valence-electron chi connectivity index (χ2n) is 6.06. The lowest BCUT2D eigenvalue weighted by Gasteiger charge is -2.08. The maximum absolute atomic E-state index is 9.40. The summed E-state index contributed by atoms with van der Waals surface area (Å²) in [7, 11) is 2.01. The molecule has 3 rings (SSSR count). The van der Waals surface area contributed by atoms with Gasteiger partial charge >= 0.3 is 0 Å². The molecule has 4 heteroatoms. The van der Waals surface area contributed by atoms with E-state index in [0.717, 1.165) is 28.2 Å². The van der Waals surface area contributed by atoms with Crippen molar-refractivity contribution in [2.75, 3.05) is 0 Å². The molecule has 0 fully saturated rings. The van der Waals surface area contributed by atoms with Crippen molar-refractivity contribution in [2.45, 2.75) is 33.0 Å². The van der Waals surface area contributed by atoms with Gasteiger partial charge in [0.2, 0.25) is 0 Å². The van der Waals surface area contributed by atoms with E-state index in [2.05, 4.69) is 28.6 Å². The van der Waals surface area contributed by atoms with E-state index >= 15 is 0 Å². The van der Waals surface area contributed by atoms with Crippen LogP contribution in [0.5, 0.6) is 5.75 Å². The Balaban J connectivity index is 1.72. The summed E-state index contributed by atoms with van der Waals surface area (Å²) in [5, 5.41) is 9.40. The first-order valence-corrected chi connectivity index (χ1v) is 7.84. The van der Waals surface area contributed by atoms with Gasteiger partial charge in [-0.1, -0.05) is 18.2 Å². The van der Waals surface area contributed by atoms with Gasteiger partial charge in [-0.15, -0.1) is 0 Å². The van der Waals surface area contributed by atoms with Gasteiger partial charge in [-0.3, -0.25) is 0 Å². The molecule has 0 aliphatic rings. The van der Waals surface area contributed by atoms with Crippen molar-refractivity contribution in [2.24, 2.45) is 7.05 Å². The zero-order valence-electron chi connectivity index (χ0n) is 13.8. The molecule has 1 unspecified atom stereocenters. The Kier molecular flexibility index (Phi) is 4.35. The van der Waals surface area contributed by atoms with Gasteiger partial charge in [-0.25, -0.2) is 4.98 Å². The summed E-state index contributed by atoms with van der Waals surface area (Å²) < 4.78 is 7.92. The number of aliphatic hydroxyl groups is 1. The third-order valence-corrected chi connectivity index (χ3v) is 3.95. The number of fused-ring (bicyclic) bond motifs is 1. The molecule has 0 radical (unpaired) electrons. The number of aromatic nitrogens is 2. The van der Waals surface area contributed by atoms with Crippen LogP contribution in [0.3, 0.4) is 0 Å². The van der Waals surface area contributed by atoms with Gasteiger partial charge in [0.1, 0.15) is 18.2 Å². The first-order chi connectivity index (χ1) is 11.0. The number of imidazole rings is 1. The van der Waals surface area contributed by atoms with E-state index in [-0.39, 0.29) is 6.10 Å². The average Bonchev–Trinajstić information content (AvgIpc) is 2.82. The highest BCUT2D eigenvalue weighted by Crippen LogP contribution is 2.19. The van der Waals surface area contributed by atoms with Crippen molar-refractivity contribution in [1.82, 2.24) is 9.55 Å². The van der Waals surface area contributed by atoms with Gasteiger partial charge in [0.05, 0.1) is 17.1 Å². The molecule has 1 heterocycles. The van der Waals surface area contributed by atoms with Crippen molar-refractivity contribution < 1.29 is 9.84 Å². The minimum Gasteiger partial charge on any atom is -0.486 e. The normalized spacial score (nSPS) is 12.5. The smallest absolute Gasteiger partial charge is 0.147 e. The molecule has 0 bridgehead atoms. The van der Waals surface area contributed by atoms with Crippen LogP contribution in [0.2, 0.25) is 0 Å². The minimum atomic E-state index is -0.328. The molecule has 0 amide bonds. The molecule has 120 valence electrons. The number of hydrogen-bond donors (Lipinski definition) is 1. The molecule has 23 heavy (non-hydrogen) atoms. The molecular weight excluding hydrogens is 288 g/mol.